The molecule has 0 N–H and O–H groups in total. The summed E-state index contributed by atoms with van der Waals surface area (Å²) < 4.78 is 61.6. The van der Waals surface area contributed by atoms with Crippen molar-refractivity contribution in [1.29, 1.82) is 0 Å². The number of aromatic nitrogens is 1. The second-order valence-corrected chi connectivity index (χ2v) is 8.10. The normalized spacial score (nSPS) is 12.2. The molecular weight excluding hydrogens is 515 g/mol. The fraction of sp³-hybridized carbons (Fsp3) is 0.192. The molecule has 192 valence electrons. The highest BCUT2D eigenvalue weighted by atomic mass is 35.5. The number of oxazole rings is 1. The van der Waals surface area contributed by atoms with E-state index in [0.717, 1.165) is 18.2 Å². The second-order valence-electron chi connectivity index (χ2n) is 7.66. The molecule has 0 spiro atoms. The molecule has 0 aliphatic rings. The summed E-state index contributed by atoms with van der Waals surface area (Å²) in [5, 5.41) is 0.296. The van der Waals surface area contributed by atoms with Crippen molar-refractivity contribution in [3.63, 3.8) is 0 Å². The first-order chi connectivity index (χ1) is 17.7. The lowest BCUT2D eigenvalue weighted by Gasteiger charge is -2.20. The van der Waals surface area contributed by atoms with Gasteiger partial charge in [-0.15, -0.1) is 0 Å². The third kappa shape index (κ3) is 6.21. The van der Waals surface area contributed by atoms with E-state index in [9.17, 15) is 22.8 Å². The van der Waals surface area contributed by atoms with Crippen LogP contribution in [0.15, 0.2) is 71.1 Å². The van der Waals surface area contributed by atoms with Gasteiger partial charge in [-0.25, -0.2) is 14.6 Å². The molecule has 4 aromatic rings. The molecule has 4 rings (SSSR count). The van der Waals surface area contributed by atoms with Crippen LogP contribution in [0.4, 0.5) is 13.2 Å². The van der Waals surface area contributed by atoms with Crippen molar-refractivity contribution in [2.75, 3.05) is 13.2 Å². The summed E-state index contributed by atoms with van der Waals surface area (Å²) in [6, 6.07) is 15.4. The monoisotopic (exact) mass is 533 g/mol. The average Bonchev–Trinajstić information content (AvgIpc) is 3.30. The molecule has 0 bridgehead atoms. The van der Waals surface area contributed by atoms with E-state index in [1.165, 1.54) is 24.3 Å². The molecule has 7 nitrogen and oxygen atoms in total. The highest BCUT2D eigenvalue weighted by Crippen LogP contribution is 2.38. The van der Waals surface area contributed by atoms with Crippen LogP contribution in [0.2, 0.25) is 5.02 Å². The van der Waals surface area contributed by atoms with Crippen molar-refractivity contribution >= 4 is 34.6 Å². The van der Waals surface area contributed by atoms with Gasteiger partial charge in [0.05, 0.1) is 17.7 Å². The fourth-order valence-electron chi connectivity index (χ4n) is 3.43. The molecule has 0 saturated heterocycles. The van der Waals surface area contributed by atoms with Crippen molar-refractivity contribution < 1.29 is 41.4 Å². The van der Waals surface area contributed by atoms with Gasteiger partial charge in [-0.05, 0) is 49.4 Å². The number of para-hydroxylation sites is 2. The molecular formula is C26H19ClF3NO6. The lowest BCUT2D eigenvalue weighted by atomic mass is 10.1. The highest BCUT2D eigenvalue weighted by molar-refractivity contribution is 6.30. The maximum atomic E-state index is 13.4. The van der Waals surface area contributed by atoms with E-state index in [2.05, 4.69) is 4.98 Å². The minimum Gasteiger partial charge on any atom is -0.473 e. The summed E-state index contributed by atoms with van der Waals surface area (Å²) in [5.74, 6) is -1.78. The number of carbonyl (C=O) groups is 2. The molecule has 3 aromatic carbocycles. The Hall–Kier alpha value is -4.05. The molecule has 0 saturated carbocycles. The van der Waals surface area contributed by atoms with Crippen molar-refractivity contribution in [2.45, 2.75) is 19.2 Å². The van der Waals surface area contributed by atoms with Gasteiger partial charge in [0.15, 0.2) is 12.2 Å². The first-order valence-corrected chi connectivity index (χ1v) is 11.3. The minimum absolute atomic E-state index is 0.0338. The van der Waals surface area contributed by atoms with Crippen LogP contribution >= 0.6 is 11.6 Å². The largest absolute Gasteiger partial charge is 0.473 e. The zero-order chi connectivity index (χ0) is 26.6. The Morgan fingerprint density at radius 1 is 1.03 bits per heavy atom. The first kappa shape index (κ1) is 26.0. The van der Waals surface area contributed by atoms with Gasteiger partial charge in [0.25, 0.3) is 0 Å². The summed E-state index contributed by atoms with van der Waals surface area (Å²) in [4.78, 5) is 29.1. The van der Waals surface area contributed by atoms with Gasteiger partial charge in [-0.1, -0.05) is 35.9 Å². The van der Waals surface area contributed by atoms with E-state index in [1.807, 2.05) is 0 Å². The molecule has 0 fully saturated rings. The Morgan fingerprint density at radius 2 is 1.81 bits per heavy atom. The number of benzene rings is 3. The van der Waals surface area contributed by atoms with Gasteiger partial charge in [0, 0.05) is 10.6 Å². The van der Waals surface area contributed by atoms with E-state index >= 15 is 0 Å². The van der Waals surface area contributed by atoms with Gasteiger partial charge in [-0.2, -0.15) is 13.2 Å². The quantitative estimate of drug-likeness (QED) is 0.242. The van der Waals surface area contributed by atoms with E-state index in [-0.39, 0.29) is 29.4 Å². The van der Waals surface area contributed by atoms with Crippen LogP contribution in [-0.2, 0) is 25.2 Å². The maximum absolute atomic E-state index is 13.4. The van der Waals surface area contributed by atoms with Gasteiger partial charge >= 0.3 is 18.1 Å². The number of halogens is 4. The summed E-state index contributed by atoms with van der Waals surface area (Å²) in [6.07, 6.45) is -6.35. The minimum atomic E-state index is -4.67. The van der Waals surface area contributed by atoms with Crippen LogP contribution in [0.3, 0.4) is 0 Å². The molecule has 0 radical (unpaired) electrons. The topological polar surface area (TPSA) is 87.9 Å². The average molecular weight is 534 g/mol. The van der Waals surface area contributed by atoms with Crippen LogP contribution in [-0.4, -0.2) is 30.1 Å². The van der Waals surface area contributed by atoms with E-state index in [1.54, 1.807) is 31.2 Å². The number of fused-ring (bicyclic) bond motifs is 1. The molecule has 1 unspecified atom stereocenters. The van der Waals surface area contributed by atoms with Crippen molar-refractivity contribution in [1.82, 2.24) is 4.98 Å². The smallest absolute Gasteiger partial charge is 0.416 e. The molecule has 1 heterocycles. The Kier molecular flexibility index (Phi) is 7.68. The zero-order valence-corrected chi connectivity index (χ0v) is 20.0. The van der Waals surface area contributed by atoms with Crippen molar-refractivity contribution in [3.8, 4) is 17.2 Å². The number of nitrogens with zero attached hydrogens (tertiary/aromatic N) is 1. The van der Waals surface area contributed by atoms with Crippen LogP contribution < -0.4 is 4.74 Å². The Labute approximate surface area is 213 Å². The van der Waals surface area contributed by atoms with Gasteiger partial charge in [0.1, 0.15) is 11.3 Å². The Balaban J connectivity index is 1.73. The molecule has 0 amide bonds. The number of esters is 2. The highest BCUT2D eigenvalue weighted by Gasteiger charge is 2.33. The lowest BCUT2D eigenvalue weighted by molar-refractivity contribution is -0.163. The predicted octanol–water partition coefficient (Wildman–Crippen LogP) is 6.39. The summed E-state index contributed by atoms with van der Waals surface area (Å²) in [5.41, 5.74) is 0.131. The lowest BCUT2D eigenvalue weighted by Crippen LogP contribution is -2.25. The second kappa shape index (κ2) is 10.9. The van der Waals surface area contributed by atoms with Gasteiger partial charge < -0.3 is 18.6 Å². The first-order valence-electron chi connectivity index (χ1n) is 11.0. The van der Waals surface area contributed by atoms with Gasteiger partial charge in [-0.3, -0.25) is 0 Å². The number of carbonyl (C=O) groups excluding carboxylic acids is 2. The van der Waals surface area contributed by atoms with Crippen LogP contribution in [0.25, 0.3) is 22.6 Å². The van der Waals surface area contributed by atoms with Crippen molar-refractivity contribution in [2.24, 2.45) is 0 Å². The number of alkyl halides is 3. The number of ether oxygens (including phenoxy) is 3. The Bertz CT molecular complexity index is 1400. The van der Waals surface area contributed by atoms with Crippen LogP contribution in [0.1, 0.15) is 24.2 Å². The Morgan fingerprint density at radius 3 is 2.54 bits per heavy atom. The molecule has 37 heavy (non-hydrogen) atoms. The van der Waals surface area contributed by atoms with E-state index < -0.39 is 36.4 Å². The van der Waals surface area contributed by atoms with Crippen LogP contribution in [0.5, 0.6) is 5.75 Å². The van der Waals surface area contributed by atoms with Crippen molar-refractivity contribution in [3.05, 3.63) is 82.9 Å². The summed E-state index contributed by atoms with van der Waals surface area (Å²) in [7, 11) is 0. The molecule has 0 aliphatic carbocycles. The SMILES string of the molecule is CCOC(=O)COC(=O)C(Oc1ccc(Cl)cc1-c1nc2ccccc2o1)c1cccc(C(F)(F)F)c1. The number of rotatable bonds is 8. The molecule has 0 aliphatic heterocycles. The van der Waals surface area contributed by atoms with Gasteiger partial charge in [0.2, 0.25) is 12.0 Å². The fourth-order valence-corrected chi connectivity index (χ4v) is 3.60. The van der Waals surface area contributed by atoms with E-state index in [4.69, 9.17) is 30.2 Å². The van der Waals surface area contributed by atoms with E-state index in [0.29, 0.717) is 16.1 Å². The predicted molar refractivity (Wildman–Crippen MR) is 127 cm³/mol. The summed E-state index contributed by atoms with van der Waals surface area (Å²) >= 11 is 6.17. The number of hydrogen-bond donors (Lipinski definition) is 0. The maximum Gasteiger partial charge on any atom is 0.416 e. The standard InChI is InChI=1S/C26H19ClF3NO6/c1-2-34-22(32)14-35-25(33)23(15-6-5-7-16(12-15)26(28,29)30)36-20-11-10-17(27)13-18(20)24-31-19-8-3-4-9-21(19)37-24/h3-13,23H,2,14H2,1H3. The third-order valence-corrected chi connectivity index (χ3v) is 5.31. The summed E-state index contributed by atoms with van der Waals surface area (Å²) in [6.45, 7) is 0.884. The third-order valence-electron chi connectivity index (χ3n) is 5.08. The molecule has 11 heteroatoms. The zero-order valence-electron chi connectivity index (χ0n) is 19.3. The van der Waals surface area contributed by atoms with Crippen LogP contribution in [0, 0.1) is 0 Å². The molecule has 1 atom stereocenters. The number of hydrogen-bond acceptors (Lipinski definition) is 7. The molecule has 1 aromatic heterocycles.